The highest BCUT2D eigenvalue weighted by atomic mass is 16.5. The quantitative estimate of drug-likeness (QED) is 0.324. The topological polar surface area (TPSA) is 110 Å². The molecule has 166 valence electrons. The Balaban J connectivity index is 1.78. The van der Waals surface area contributed by atoms with Crippen molar-refractivity contribution < 1.29 is 33.0 Å². The standard InChI is InChI=1S/C24H18N2O7/c1-30-23(28)19-20(25-26(21(19)24(29)31-2)16-7-4-3-5-8-16)15-10-12-17(13-11-15)33-22(27)18-9-6-14-32-18/h3-14H,1-2H3. The van der Waals surface area contributed by atoms with Crippen LogP contribution in [0.2, 0.25) is 0 Å². The Bertz CT molecular complexity index is 1290. The number of nitrogens with zero attached hydrogens (tertiary/aromatic N) is 2. The molecular weight excluding hydrogens is 428 g/mol. The van der Waals surface area contributed by atoms with Gasteiger partial charge in [-0.05, 0) is 48.5 Å². The monoisotopic (exact) mass is 446 g/mol. The number of ether oxygens (including phenoxy) is 3. The molecule has 2 aromatic heterocycles. The molecule has 0 saturated carbocycles. The SMILES string of the molecule is COC(=O)c1c(-c2ccc(OC(=O)c3ccco3)cc2)nn(-c2ccccc2)c1C(=O)OC. The molecule has 0 aliphatic carbocycles. The molecule has 0 aliphatic heterocycles. The number of carbonyl (C=O) groups excluding carboxylic acids is 3. The summed E-state index contributed by atoms with van der Waals surface area (Å²) < 4.78 is 21.5. The number of furan rings is 1. The molecule has 9 nitrogen and oxygen atoms in total. The van der Waals surface area contributed by atoms with E-state index < -0.39 is 17.9 Å². The predicted octanol–water partition coefficient (Wildman–Crippen LogP) is 3.92. The van der Waals surface area contributed by atoms with E-state index in [1.54, 1.807) is 42.5 Å². The third-order valence-corrected chi connectivity index (χ3v) is 4.72. The van der Waals surface area contributed by atoms with Crippen molar-refractivity contribution in [3.63, 3.8) is 0 Å². The van der Waals surface area contributed by atoms with Crippen molar-refractivity contribution in [2.24, 2.45) is 0 Å². The van der Waals surface area contributed by atoms with Crippen LogP contribution >= 0.6 is 0 Å². The number of aromatic nitrogens is 2. The third kappa shape index (κ3) is 4.24. The molecule has 33 heavy (non-hydrogen) atoms. The molecule has 0 spiro atoms. The van der Waals surface area contributed by atoms with Gasteiger partial charge in [0.2, 0.25) is 5.76 Å². The van der Waals surface area contributed by atoms with Gasteiger partial charge in [0.05, 0.1) is 26.2 Å². The molecular formula is C24H18N2O7. The maximum absolute atomic E-state index is 12.7. The Morgan fingerprint density at radius 3 is 2.12 bits per heavy atom. The molecule has 0 saturated heterocycles. The molecule has 2 aromatic carbocycles. The van der Waals surface area contributed by atoms with Crippen molar-refractivity contribution in [3.8, 4) is 22.7 Å². The lowest BCUT2D eigenvalue weighted by Crippen LogP contribution is -2.15. The number of rotatable bonds is 6. The summed E-state index contributed by atoms with van der Waals surface area (Å²) in [6.45, 7) is 0. The highest BCUT2D eigenvalue weighted by molar-refractivity contribution is 6.06. The average molecular weight is 446 g/mol. The van der Waals surface area contributed by atoms with Crippen LogP contribution in [0, 0.1) is 0 Å². The zero-order valence-electron chi connectivity index (χ0n) is 17.7. The van der Waals surface area contributed by atoms with Crippen LogP contribution in [-0.2, 0) is 9.47 Å². The molecule has 4 rings (SSSR count). The number of carbonyl (C=O) groups is 3. The highest BCUT2D eigenvalue weighted by Gasteiger charge is 2.31. The van der Waals surface area contributed by atoms with Crippen LogP contribution in [0.1, 0.15) is 31.4 Å². The smallest absolute Gasteiger partial charge is 0.379 e. The van der Waals surface area contributed by atoms with Gasteiger partial charge in [0.1, 0.15) is 17.0 Å². The Kier molecular flexibility index (Phi) is 6.03. The second-order valence-corrected chi connectivity index (χ2v) is 6.69. The van der Waals surface area contributed by atoms with Crippen LogP contribution in [0.25, 0.3) is 16.9 Å². The van der Waals surface area contributed by atoms with Crippen LogP contribution in [0.15, 0.2) is 77.4 Å². The molecule has 0 bridgehead atoms. The second-order valence-electron chi connectivity index (χ2n) is 6.69. The first-order chi connectivity index (χ1) is 16.0. The van der Waals surface area contributed by atoms with Gasteiger partial charge in [-0.25, -0.2) is 19.1 Å². The largest absolute Gasteiger partial charge is 0.465 e. The summed E-state index contributed by atoms with van der Waals surface area (Å²) in [7, 11) is 2.43. The van der Waals surface area contributed by atoms with Gasteiger partial charge in [0.15, 0.2) is 5.69 Å². The molecule has 0 fully saturated rings. The molecule has 0 unspecified atom stereocenters. The summed E-state index contributed by atoms with van der Waals surface area (Å²) in [5, 5.41) is 4.51. The van der Waals surface area contributed by atoms with Crippen molar-refractivity contribution in [2.75, 3.05) is 14.2 Å². The first-order valence-corrected chi connectivity index (χ1v) is 9.74. The van der Waals surface area contributed by atoms with E-state index >= 15 is 0 Å². The van der Waals surface area contributed by atoms with E-state index in [4.69, 9.17) is 18.6 Å². The lowest BCUT2D eigenvalue weighted by Gasteiger charge is -2.07. The van der Waals surface area contributed by atoms with Crippen LogP contribution in [0.4, 0.5) is 0 Å². The minimum absolute atomic E-state index is 0.0477. The maximum atomic E-state index is 12.7. The number of benzene rings is 2. The number of para-hydroxylation sites is 1. The summed E-state index contributed by atoms with van der Waals surface area (Å²) in [5.74, 6) is -1.82. The zero-order valence-corrected chi connectivity index (χ0v) is 17.7. The van der Waals surface area contributed by atoms with E-state index in [2.05, 4.69) is 5.10 Å². The Morgan fingerprint density at radius 1 is 0.818 bits per heavy atom. The second kappa shape index (κ2) is 9.23. The van der Waals surface area contributed by atoms with Gasteiger partial charge >= 0.3 is 17.9 Å². The van der Waals surface area contributed by atoms with E-state index in [0.717, 1.165) is 0 Å². The van der Waals surface area contributed by atoms with E-state index in [9.17, 15) is 14.4 Å². The minimum atomic E-state index is -0.749. The zero-order chi connectivity index (χ0) is 23.4. The van der Waals surface area contributed by atoms with E-state index in [-0.39, 0.29) is 28.5 Å². The summed E-state index contributed by atoms with van der Waals surface area (Å²) in [6, 6.07) is 18.2. The first-order valence-electron chi connectivity index (χ1n) is 9.74. The number of esters is 3. The van der Waals surface area contributed by atoms with Crippen LogP contribution in [0.3, 0.4) is 0 Å². The van der Waals surface area contributed by atoms with Gasteiger partial charge in [-0.2, -0.15) is 5.10 Å². The maximum Gasteiger partial charge on any atom is 0.379 e. The van der Waals surface area contributed by atoms with Gasteiger partial charge in [-0.15, -0.1) is 0 Å². The van der Waals surface area contributed by atoms with E-state index in [1.807, 2.05) is 6.07 Å². The van der Waals surface area contributed by atoms with Gasteiger partial charge in [0, 0.05) is 5.56 Å². The average Bonchev–Trinajstić information content (AvgIpc) is 3.53. The molecule has 0 amide bonds. The fourth-order valence-corrected chi connectivity index (χ4v) is 3.19. The predicted molar refractivity (Wildman–Crippen MR) is 115 cm³/mol. The molecule has 0 aliphatic rings. The van der Waals surface area contributed by atoms with Crippen LogP contribution < -0.4 is 4.74 Å². The lowest BCUT2D eigenvalue weighted by molar-refractivity contribution is 0.0549. The Hall–Kier alpha value is -4.66. The van der Waals surface area contributed by atoms with Crippen molar-refractivity contribution in [1.82, 2.24) is 9.78 Å². The lowest BCUT2D eigenvalue weighted by atomic mass is 10.1. The van der Waals surface area contributed by atoms with Crippen molar-refractivity contribution >= 4 is 17.9 Å². The minimum Gasteiger partial charge on any atom is -0.465 e. The number of hydrogen-bond donors (Lipinski definition) is 0. The highest BCUT2D eigenvalue weighted by Crippen LogP contribution is 2.30. The van der Waals surface area contributed by atoms with Gasteiger partial charge < -0.3 is 18.6 Å². The third-order valence-electron chi connectivity index (χ3n) is 4.72. The van der Waals surface area contributed by atoms with Gasteiger partial charge in [0.25, 0.3) is 0 Å². The van der Waals surface area contributed by atoms with Crippen molar-refractivity contribution in [1.29, 1.82) is 0 Å². The van der Waals surface area contributed by atoms with Crippen molar-refractivity contribution in [2.45, 2.75) is 0 Å². The number of methoxy groups -OCH3 is 2. The molecule has 9 heteroatoms. The van der Waals surface area contributed by atoms with Gasteiger partial charge in [-0.1, -0.05) is 18.2 Å². The molecule has 0 atom stereocenters. The van der Waals surface area contributed by atoms with Gasteiger partial charge in [-0.3, -0.25) is 0 Å². The Labute approximate surface area is 188 Å². The first kappa shape index (κ1) is 21.6. The summed E-state index contributed by atoms with van der Waals surface area (Å²) >= 11 is 0. The van der Waals surface area contributed by atoms with E-state index in [1.165, 1.54) is 43.4 Å². The van der Waals surface area contributed by atoms with Crippen molar-refractivity contribution in [3.05, 3.63) is 90.0 Å². The molecule has 2 heterocycles. The fourth-order valence-electron chi connectivity index (χ4n) is 3.19. The van der Waals surface area contributed by atoms with Crippen LogP contribution in [0.5, 0.6) is 5.75 Å². The fraction of sp³-hybridized carbons (Fsp3) is 0.0833. The molecule has 4 aromatic rings. The number of hydrogen-bond acceptors (Lipinski definition) is 8. The van der Waals surface area contributed by atoms with E-state index in [0.29, 0.717) is 11.3 Å². The van der Waals surface area contributed by atoms with Crippen LogP contribution in [-0.4, -0.2) is 41.9 Å². The summed E-state index contributed by atoms with van der Waals surface area (Å²) in [4.78, 5) is 37.4. The Morgan fingerprint density at radius 2 is 1.52 bits per heavy atom. The molecule has 0 radical (unpaired) electrons. The normalized spacial score (nSPS) is 10.5. The summed E-state index contributed by atoms with van der Waals surface area (Å²) in [6.07, 6.45) is 1.37. The molecule has 0 N–H and O–H groups in total. The summed E-state index contributed by atoms with van der Waals surface area (Å²) in [5.41, 5.74) is 1.13.